The maximum absolute atomic E-state index is 9.48. The van der Waals surface area contributed by atoms with Crippen LogP contribution in [0.2, 0.25) is 1.41 Å². The summed E-state index contributed by atoms with van der Waals surface area (Å²) < 4.78 is 7.32. The lowest BCUT2D eigenvalue weighted by Crippen LogP contribution is -2.49. The molecule has 0 aliphatic carbocycles. The van der Waals surface area contributed by atoms with Crippen LogP contribution in [0.15, 0.2) is 0 Å². The lowest BCUT2D eigenvalue weighted by atomic mass is 10.0. The Labute approximate surface area is 100 Å². The molecule has 0 aliphatic heterocycles. The van der Waals surface area contributed by atoms with E-state index in [-0.39, 0.29) is 6.54 Å². The van der Waals surface area contributed by atoms with E-state index < -0.39 is 50.3 Å². The Hall–Kier alpha value is -0.320. The molecule has 0 heterocycles. The first-order valence-corrected chi connectivity index (χ1v) is 5.19. The van der Waals surface area contributed by atoms with Crippen LogP contribution in [0.5, 0.6) is 0 Å². The number of nitrogens with one attached hydrogen (secondary N) is 1. The van der Waals surface area contributed by atoms with E-state index in [1.807, 2.05) is 0 Å². The topological polar surface area (TPSA) is 154 Å². The lowest BCUT2D eigenvalue weighted by molar-refractivity contribution is -0.114. The zero-order valence-electron chi connectivity index (χ0n) is 10.3. The molecule has 1 unspecified atom stereocenters. The fourth-order valence-electron chi connectivity index (χ4n) is 1.08. The Balaban J connectivity index is 4.18. The molecule has 0 aliphatic rings. The fraction of sp³-hybridized carbons (Fsp3) is 1.00. The van der Waals surface area contributed by atoms with Gasteiger partial charge in [-0.05, 0) is 0 Å². The van der Waals surface area contributed by atoms with E-state index in [2.05, 4.69) is 0 Å². The van der Waals surface area contributed by atoms with Crippen LogP contribution >= 0.6 is 0 Å². The van der Waals surface area contributed by atoms with Gasteiger partial charge >= 0.3 is 0 Å². The van der Waals surface area contributed by atoms with Gasteiger partial charge in [0.15, 0.2) is 0 Å². The minimum absolute atomic E-state index is 0.251. The molecule has 0 saturated heterocycles. The van der Waals surface area contributed by atoms with Gasteiger partial charge in [0, 0.05) is 13.1 Å². The standard InChI is InChI=1S/C9H21NO7/c11-3-5(13)1-10-2-6(14)8(16)9(17)7(15)4-12/h5-17H,1-4H2/t5?,6-,7+,8+,9-/m0/s1/i/hD. The molecule has 0 aromatic heterocycles. The maximum atomic E-state index is 9.48. The molecule has 0 radical (unpaired) electrons. The molecule has 8 nitrogen and oxygen atoms in total. The van der Waals surface area contributed by atoms with E-state index in [4.69, 9.17) is 21.8 Å². The molecule has 0 aromatic rings. The van der Waals surface area contributed by atoms with Crippen molar-refractivity contribution < 1.29 is 37.2 Å². The zero-order valence-corrected chi connectivity index (χ0v) is 9.29. The Morgan fingerprint density at radius 2 is 1.35 bits per heavy atom. The highest BCUT2D eigenvalue weighted by atomic mass is 16.4. The number of aliphatic hydroxyl groups excluding tert-OH is 7. The highest BCUT2D eigenvalue weighted by Gasteiger charge is 2.29. The van der Waals surface area contributed by atoms with Crippen LogP contribution in [0, 0.1) is 0 Å². The van der Waals surface area contributed by atoms with Crippen molar-refractivity contribution in [1.82, 2.24) is 5.31 Å². The summed E-state index contributed by atoms with van der Waals surface area (Å²) in [5, 5.41) is 64.1. The van der Waals surface area contributed by atoms with Gasteiger partial charge in [-0.15, -0.1) is 0 Å². The summed E-state index contributed by atoms with van der Waals surface area (Å²) in [6.45, 7) is -1.98. The van der Waals surface area contributed by atoms with Crippen LogP contribution in [-0.2, 0) is 0 Å². The van der Waals surface area contributed by atoms with Crippen LogP contribution in [-0.4, -0.2) is 92.6 Å². The van der Waals surface area contributed by atoms with Crippen molar-refractivity contribution in [3.63, 3.8) is 0 Å². The average Bonchev–Trinajstić information content (AvgIpc) is 2.35. The van der Waals surface area contributed by atoms with Gasteiger partial charge in [0.2, 0.25) is 0 Å². The fourth-order valence-corrected chi connectivity index (χ4v) is 1.08. The van der Waals surface area contributed by atoms with Gasteiger partial charge in [0.05, 0.1) is 25.4 Å². The molecule has 0 aromatic carbocycles. The molecule has 8 N–H and O–H groups in total. The molecule has 0 bridgehead atoms. The molecular formula is C9H21NO7. The minimum Gasteiger partial charge on any atom is -0.394 e. The summed E-state index contributed by atoms with van der Waals surface area (Å²) in [7, 11) is 0. The molecule has 8 heteroatoms. The summed E-state index contributed by atoms with van der Waals surface area (Å²) >= 11 is 0. The van der Waals surface area contributed by atoms with Gasteiger partial charge in [-0.3, -0.25) is 0 Å². The lowest BCUT2D eigenvalue weighted by Gasteiger charge is -2.26. The van der Waals surface area contributed by atoms with Gasteiger partial charge in [0.1, 0.15) is 19.7 Å². The smallest absolute Gasteiger partial charge is 0.122 e. The van der Waals surface area contributed by atoms with E-state index in [0.29, 0.717) is 5.31 Å². The second-order valence-electron chi connectivity index (χ2n) is 3.72. The van der Waals surface area contributed by atoms with E-state index in [1.165, 1.54) is 0 Å². The largest absolute Gasteiger partial charge is 0.394 e. The predicted octanol–water partition coefficient (Wildman–Crippen LogP) is -4.63. The normalized spacial score (nSPS) is 21.8. The highest BCUT2D eigenvalue weighted by molar-refractivity contribution is 4.81. The Morgan fingerprint density at radius 1 is 0.824 bits per heavy atom. The molecule has 0 rings (SSSR count). The number of rotatable bonds is 9. The molecule has 17 heavy (non-hydrogen) atoms. The van der Waals surface area contributed by atoms with Crippen LogP contribution in [0.4, 0.5) is 0 Å². The van der Waals surface area contributed by atoms with Crippen molar-refractivity contribution in [3.05, 3.63) is 0 Å². The first-order valence-electron chi connectivity index (χ1n) is 5.64. The van der Waals surface area contributed by atoms with Crippen LogP contribution in [0.3, 0.4) is 0 Å². The van der Waals surface area contributed by atoms with Crippen molar-refractivity contribution in [2.45, 2.75) is 30.5 Å². The first kappa shape index (κ1) is 14.7. The maximum Gasteiger partial charge on any atom is 0.122 e. The quantitative estimate of drug-likeness (QED) is 0.205. The van der Waals surface area contributed by atoms with E-state index in [0.717, 1.165) is 0 Å². The third-order valence-electron chi connectivity index (χ3n) is 2.19. The van der Waals surface area contributed by atoms with Gasteiger partial charge < -0.3 is 41.1 Å². The van der Waals surface area contributed by atoms with Crippen molar-refractivity contribution in [1.29, 1.82) is 0 Å². The number of hydrogen-bond donors (Lipinski definition) is 8. The summed E-state index contributed by atoms with van der Waals surface area (Å²) in [4.78, 5) is 0. The van der Waals surface area contributed by atoms with Crippen molar-refractivity contribution in [2.75, 3.05) is 26.3 Å². The molecule has 0 amide bonds. The third kappa shape index (κ3) is 6.24. The van der Waals surface area contributed by atoms with Gasteiger partial charge in [-0.25, -0.2) is 0 Å². The zero-order chi connectivity index (χ0) is 14.3. The van der Waals surface area contributed by atoms with Crippen molar-refractivity contribution >= 4 is 0 Å². The molecule has 5 atom stereocenters. The molecular weight excluding hydrogens is 234 g/mol. The monoisotopic (exact) mass is 256 g/mol. The summed E-state index contributed by atoms with van der Waals surface area (Å²) in [6.07, 6.45) is -7.80. The Kier molecular flexibility index (Phi) is 7.56. The SMILES string of the molecule is [2H]N(CC(O)CO)C[C@H](O)[C@@H](O)[C@@H](O)[C@H](O)CO. The van der Waals surface area contributed by atoms with Crippen molar-refractivity contribution in [3.8, 4) is 0 Å². The highest BCUT2D eigenvalue weighted by Crippen LogP contribution is 2.04. The van der Waals surface area contributed by atoms with Crippen molar-refractivity contribution in [2.24, 2.45) is 0 Å². The molecule has 0 spiro atoms. The van der Waals surface area contributed by atoms with E-state index >= 15 is 0 Å². The van der Waals surface area contributed by atoms with Crippen LogP contribution in [0.25, 0.3) is 0 Å². The van der Waals surface area contributed by atoms with E-state index in [1.54, 1.807) is 0 Å². The average molecular weight is 256 g/mol. The Morgan fingerprint density at radius 3 is 1.82 bits per heavy atom. The van der Waals surface area contributed by atoms with Crippen LogP contribution < -0.4 is 5.31 Å². The summed E-state index contributed by atoms with van der Waals surface area (Å²) in [5.41, 5.74) is 0. The molecule has 104 valence electrons. The number of hydrogen-bond acceptors (Lipinski definition) is 8. The van der Waals surface area contributed by atoms with Crippen LogP contribution in [0.1, 0.15) is 0 Å². The van der Waals surface area contributed by atoms with Gasteiger partial charge in [-0.2, -0.15) is 0 Å². The number of aliphatic hydroxyl groups is 7. The van der Waals surface area contributed by atoms with E-state index in [9.17, 15) is 15.3 Å². The minimum atomic E-state index is -1.75. The summed E-state index contributed by atoms with van der Waals surface area (Å²) in [6, 6.07) is 0. The second-order valence-corrected chi connectivity index (χ2v) is 3.72. The Bertz CT molecular complexity index is 223. The molecule has 0 fully saturated rings. The van der Waals surface area contributed by atoms with Gasteiger partial charge in [-0.1, -0.05) is 0 Å². The summed E-state index contributed by atoms with van der Waals surface area (Å²) in [5.74, 6) is 0. The second kappa shape index (κ2) is 8.72. The third-order valence-corrected chi connectivity index (χ3v) is 2.19. The van der Waals surface area contributed by atoms with Gasteiger partial charge in [0.25, 0.3) is 0 Å². The molecule has 0 saturated carbocycles. The first-order chi connectivity index (χ1) is 8.33. The predicted molar refractivity (Wildman–Crippen MR) is 57.1 cm³/mol.